The van der Waals surface area contributed by atoms with Crippen molar-refractivity contribution in [2.75, 3.05) is 25.2 Å². The van der Waals surface area contributed by atoms with Crippen LogP contribution in [0.5, 0.6) is 0 Å². The standard InChI is InChI=1S/C10H13N3OS/c1-13(8-2-4-14-5-3-8)10-12-7-9(6-11)15-10/h7-8H,2-5H2,1H3. The summed E-state index contributed by atoms with van der Waals surface area (Å²) in [6, 6.07) is 2.61. The van der Waals surface area contributed by atoms with Gasteiger partial charge in [-0.3, -0.25) is 0 Å². The molecule has 0 saturated carbocycles. The van der Waals surface area contributed by atoms with Gasteiger partial charge in [-0.2, -0.15) is 5.26 Å². The fourth-order valence-electron chi connectivity index (χ4n) is 1.71. The monoisotopic (exact) mass is 223 g/mol. The van der Waals surface area contributed by atoms with Crippen molar-refractivity contribution in [2.45, 2.75) is 18.9 Å². The van der Waals surface area contributed by atoms with E-state index < -0.39 is 0 Å². The minimum Gasteiger partial charge on any atom is -0.381 e. The van der Waals surface area contributed by atoms with Crippen LogP contribution in [-0.4, -0.2) is 31.3 Å². The first-order valence-electron chi connectivity index (χ1n) is 4.98. The Bertz CT molecular complexity index is 365. The molecule has 0 amide bonds. The lowest BCUT2D eigenvalue weighted by Gasteiger charge is -2.30. The maximum absolute atomic E-state index is 8.72. The highest BCUT2D eigenvalue weighted by Gasteiger charge is 2.20. The maximum atomic E-state index is 8.72. The molecule has 1 aliphatic rings. The predicted octanol–water partition coefficient (Wildman–Crippen LogP) is 1.63. The van der Waals surface area contributed by atoms with Crippen LogP contribution in [0.25, 0.3) is 0 Å². The average molecular weight is 223 g/mol. The average Bonchev–Trinajstić information content (AvgIpc) is 2.78. The molecule has 15 heavy (non-hydrogen) atoms. The van der Waals surface area contributed by atoms with Gasteiger partial charge in [-0.1, -0.05) is 11.3 Å². The van der Waals surface area contributed by atoms with Crippen LogP contribution < -0.4 is 4.90 Å². The maximum Gasteiger partial charge on any atom is 0.186 e. The van der Waals surface area contributed by atoms with Crippen molar-refractivity contribution in [1.82, 2.24) is 4.98 Å². The van der Waals surface area contributed by atoms with Gasteiger partial charge < -0.3 is 9.64 Å². The molecule has 0 spiro atoms. The van der Waals surface area contributed by atoms with Gasteiger partial charge in [0.05, 0.1) is 6.20 Å². The van der Waals surface area contributed by atoms with Gasteiger partial charge in [0.2, 0.25) is 0 Å². The Balaban J connectivity index is 2.06. The van der Waals surface area contributed by atoms with E-state index in [1.54, 1.807) is 6.20 Å². The molecule has 1 aliphatic heterocycles. The number of rotatable bonds is 2. The number of hydrogen-bond acceptors (Lipinski definition) is 5. The van der Waals surface area contributed by atoms with Crippen LogP contribution in [0.1, 0.15) is 17.7 Å². The van der Waals surface area contributed by atoms with Gasteiger partial charge in [-0.15, -0.1) is 0 Å². The molecule has 1 aromatic rings. The van der Waals surface area contributed by atoms with Gasteiger partial charge in [0, 0.05) is 26.3 Å². The highest BCUT2D eigenvalue weighted by molar-refractivity contribution is 7.16. The molecule has 0 aliphatic carbocycles. The Morgan fingerprint density at radius 1 is 1.60 bits per heavy atom. The van der Waals surface area contributed by atoms with Crippen LogP contribution in [0, 0.1) is 11.3 Å². The van der Waals surface area contributed by atoms with Crippen LogP contribution in [0.3, 0.4) is 0 Å². The summed E-state index contributed by atoms with van der Waals surface area (Å²) in [7, 11) is 2.04. The third-order valence-electron chi connectivity index (χ3n) is 2.64. The summed E-state index contributed by atoms with van der Waals surface area (Å²) < 4.78 is 5.32. The van der Waals surface area contributed by atoms with E-state index in [9.17, 15) is 0 Å². The quantitative estimate of drug-likeness (QED) is 0.764. The zero-order valence-electron chi connectivity index (χ0n) is 8.64. The van der Waals surface area contributed by atoms with Gasteiger partial charge in [0.1, 0.15) is 10.9 Å². The molecule has 2 heterocycles. The number of hydrogen-bond donors (Lipinski definition) is 0. The number of thiazole rings is 1. The number of anilines is 1. The summed E-state index contributed by atoms with van der Waals surface area (Å²) in [5, 5.41) is 9.65. The van der Waals surface area contributed by atoms with Gasteiger partial charge in [0.25, 0.3) is 0 Å². The van der Waals surface area contributed by atoms with Crippen LogP contribution in [0.15, 0.2) is 6.20 Å². The molecule has 1 saturated heterocycles. The first-order valence-corrected chi connectivity index (χ1v) is 5.79. The highest BCUT2D eigenvalue weighted by atomic mass is 32.1. The summed E-state index contributed by atoms with van der Waals surface area (Å²) in [5.41, 5.74) is 0. The van der Waals surface area contributed by atoms with Crippen molar-refractivity contribution < 1.29 is 4.74 Å². The fourth-order valence-corrected chi connectivity index (χ4v) is 2.45. The van der Waals surface area contributed by atoms with Gasteiger partial charge >= 0.3 is 0 Å². The topological polar surface area (TPSA) is 49.2 Å². The Morgan fingerprint density at radius 2 is 2.33 bits per heavy atom. The van der Waals surface area contributed by atoms with Crippen LogP contribution in [-0.2, 0) is 4.74 Å². The van der Waals surface area contributed by atoms with Gasteiger partial charge in [-0.25, -0.2) is 4.98 Å². The number of nitriles is 1. The van der Waals surface area contributed by atoms with Crippen LogP contribution >= 0.6 is 11.3 Å². The van der Waals surface area contributed by atoms with E-state index in [-0.39, 0.29) is 0 Å². The zero-order chi connectivity index (χ0) is 10.7. The summed E-state index contributed by atoms with van der Waals surface area (Å²) >= 11 is 1.45. The van der Waals surface area contributed by atoms with Crippen molar-refractivity contribution in [1.29, 1.82) is 5.26 Å². The Labute approximate surface area is 93.1 Å². The van der Waals surface area contributed by atoms with E-state index in [0.29, 0.717) is 10.9 Å². The van der Waals surface area contributed by atoms with Crippen molar-refractivity contribution in [3.05, 3.63) is 11.1 Å². The lowest BCUT2D eigenvalue weighted by Crippen LogP contribution is -2.36. The molecule has 0 bridgehead atoms. The van der Waals surface area contributed by atoms with Gasteiger partial charge in [-0.05, 0) is 12.8 Å². The molecule has 1 fully saturated rings. The second-order valence-corrected chi connectivity index (χ2v) is 4.58. The fraction of sp³-hybridized carbons (Fsp3) is 0.600. The summed E-state index contributed by atoms with van der Waals surface area (Å²) in [6.07, 6.45) is 3.71. The molecule has 1 aromatic heterocycles. The molecule has 4 nitrogen and oxygen atoms in total. The van der Waals surface area contributed by atoms with Crippen molar-refractivity contribution >= 4 is 16.5 Å². The van der Waals surface area contributed by atoms with E-state index in [0.717, 1.165) is 31.2 Å². The SMILES string of the molecule is CN(c1ncc(C#N)s1)C1CCOCC1. The van der Waals surface area contributed by atoms with E-state index in [2.05, 4.69) is 16.0 Å². The zero-order valence-corrected chi connectivity index (χ0v) is 9.46. The third-order valence-corrected chi connectivity index (χ3v) is 3.64. The lowest BCUT2D eigenvalue weighted by atomic mass is 10.1. The molecule has 2 rings (SSSR count). The summed E-state index contributed by atoms with van der Waals surface area (Å²) in [5.74, 6) is 0. The van der Waals surface area contributed by atoms with Crippen molar-refractivity contribution in [3.63, 3.8) is 0 Å². The van der Waals surface area contributed by atoms with Crippen molar-refractivity contribution in [2.24, 2.45) is 0 Å². The Kier molecular flexibility index (Phi) is 3.19. The molecule has 0 N–H and O–H groups in total. The minimum absolute atomic E-state index is 0.497. The molecule has 5 heteroatoms. The largest absolute Gasteiger partial charge is 0.381 e. The first kappa shape index (κ1) is 10.4. The summed E-state index contributed by atoms with van der Waals surface area (Å²) in [4.78, 5) is 7.07. The highest BCUT2D eigenvalue weighted by Crippen LogP contribution is 2.25. The molecule has 0 atom stereocenters. The molecular formula is C10H13N3OS. The van der Waals surface area contributed by atoms with Crippen molar-refractivity contribution in [3.8, 4) is 6.07 Å². The molecule has 80 valence electrons. The lowest BCUT2D eigenvalue weighted by molar-refractivity contribution is 0.0855. The number of nitrogens with zero attached hydrogens (tertiary/aromatic N) is 3. The van der Waals surface area contributed by atoms with E-state index in [1.165, 1.54) is 11.3 Å². The van der Waals surface area contributed by atoms with Crippen LogP contribution in [0.2, 0.25) is 0 Å². The van der Waals surface area contributed by atoms with E-state index >= 15 is 0 Å². The molecule has 0 aromatic carbocycles. The summed E-state index contributed by atoms with van der Waals surface area (Å²) in [6.45, 7) is 1.65. The minimum atomic E-state index is 0.497. The van der Waals surface area contributed by atoms with Crippen LogP contribution in [0.4, 0.5) is 5.13 Å². The second-order valence-electron chi connectivity index (χ2n) is 3.57. The number of aromatic nitrogens is 1. The Morgan fingerprint density at radius 3 is 2.93 bits per heavy atom. The Hall–Kier alpha value is -1.12. The molecule has 0 unspecified atom stereocenters. The first-order chi connectivity index (χ1) is 7.31. The van der Waals surface area contributed by atoms with E-state index in [1.807, 2.05) is 7.05 Å². The second kappa shape index (κ2) is 4.60. The normalized spacial score (nSPS) is 17.3. The molecular weight excluding hydrogens is 210 g/mol. The predicted molar refractivity (Wildman–Crippen MR) is 59.1 cm³/mol. The van der Waals surface area contributed by atoms with E-state index in [4.69, 9.17) is 10.00 Å². The third kappa shape index (κ3) is 2.28. The molecule has 0 radical (unpaired) electrons. The smallest absolute Gasteiger partial charge is 0.186 e. The van der Waals surface area contributed by atoms with Gasteiger partial charge in [0.15, 0.2) is 5.13 Å². The number of ether oxygens (including phenoxy) is 1.